The van der Waals surface area contributed by atoms with Gasteiger partial charge in [-0.25, -0.2) is 9.78 Å². The molecule has 0 unspecified atom stereocenters. The fourth-order valence-corrected chi connectivity index (χ4v) is 4.78. The van der Waals surface area contributed by atoms with E-state index in [2.05, 4.69) is 45.1 Å². The van der Waals surface area contributed by atoms with Gasteiger partial charge in [-0.2, -0.15) is 9.61 Å². The number of amides is 3. The second kappa shape index (κ2) is 10.2. The van der Waals surface area contributed by atoms with E-state index >= 15 is 0 Å². The van der Waals surface area contributed by atoms with Crippen LogP contribution < -0.4 is 21.3 Å². The maximum atomic E-state index is 12.1. The molecule has 11 heteroatoms. The van der Waals surface area contributed by atoms with E-state index < -0.39 is 11.9 Å². The lowest BCUT2D eigenvalue weighted by molar-refractivity contribution is -0.115. The Balaban J connectivity index is 1.46. The van der Waals surface area contributed by atoms with Gasteiger partial charge in [-0.1, -0.05) is 31.5 Å². The minimum Gasteiger partial charge on any atom is -0.367 e. The van der Waals surface area contributed by atoms with Crippen LogP contribution >= 0.6 is 11.6 Å². The van der Waals surface area contributed by atoms with Crippen molar-refractivity contribution < 1.29 is 9.59 Å². The highest BCUT2D eigenvalue weighted by Crippen LogP contribution is 2.26. The van der Waals surface area contributed by atoms with Gasteiger partial charge >= 0.3 is 6.03 Å². The molecule has 188 valence electrons. The lowest BCUT2D eigenvalue weighted by atomic mass is 10.0. The van der Waals surface area contributed by atoms with Gasteiger partial charge in [0.2, 0.25) is 0 Å². The molecule has 2 aliphatic rings. The number of fused-ring (bicyclic) bond motifs is 1. The van der Waals surface area contributed by atoms with Crippen LogP contribution in [0.1, 0.15) is 32.3 Å². The van der Waals surface area contributed by atoms with Crippen LogP contribution in [0.3, 0.4) is 0 Å². The predicted octanol–water partition coefficient (Wildman–Crippen LogP) is 3.84. The third-order valence-electron chi connectivity index (χ3n) is 6.18. The van der Waals surface area contributed by atoms with Crippen molar-refractivity contribution in [3.8, 4) is 0 Å². The Labute approximate surface area is 214 Å². The van der Waals surface area contributed by atoms with E-state index in [0.717, 1.165) is 44.0 Å². The van der Waals surface area contributed by atoms with E-state index in [0.29, 0.717) is 34.0 Å². The number of halogens is 1. The zero-order valence-electron chi connectivity index (χ0n) is 20.2. The lowest BCUT2D eigenvalue weighted by Crippen LogP contribution is -2.40. The summed E-state index contributed by atoms with van der Waals surface area (Å²) < 4.78 is 1.73. The van der Waals surface area contributed by atoms with E-state index in [1.165, 1.54) is 0 Å². The number of imide groups is 1. The van der Waals surface area contributed by atoms with Crippen molar-refractivity contribution in [2.45, 2.75) is 32.7 Å². The van der Waals surface area contributed by atoms with Gasteiger partial charge < -0.3 is 20.9 Å². The van der Waals surface area contributed by atoms with Crippen LogP contribution in [0.4, 0.5) is 22.1 Å². The third kappa shape index (κ3) is 5.44. The molecule has 2 aromatic heterocycles. The summed E-state index contributed by atoms with van der Waals surface area (Å²) in [7, 11) is 0. The third-order valence-corrected chi connectivity index (χ3v) is 6.41. The second-order valence-electron chi connectivity index (χ2n) is 9.58. The minimum atomic E-state index is -0.551. The number of benzene rings is 1. The number of hydrogen-bond acceptors (Lipinski definition) is 7. The molecule has 3 amide bonds. The van der Waals surface area contributed by atoms with Gasteiger partial charge in [0.25, 0.3) is 5.91 Å². The molecule has 4 heterocycles. The first-order valence-electron chi connectivity index (χ1n) is 12.1. The zero-order chi connectivity index (χ0) is 25.2. The van der Waals surface area contributed by atoms with Crippen molar-refractivity contribution >= 4 is 52.6 Å². The summed E-state index contributed by atoms with van der Waals surface area (Å²) in [6, 6.07) is 9.07. The number of carbonyl (C=O) groups excluding carboxylic acids is 2. The average Bonchev–Trinajstić information content (AvgIpc) is 3.37. The molecule has 5 rings (SSSR count). The molecular formula is C25H29ClN8O2. The first-order valence-corrected chi connectivity index (χ1v) is 12.5. The topological polar surface area (TPSA) is 116 Å². The van der Waals surface area contributed by atoms with Gasteiger partial charge in [-0.05, 0) is 43.0 Å². The number of rotatable bonds is 7. The Hall–Kier alpha value is -3.63. The van der Waals surface area contributed by atoms with Crippen LogP contribution in [-0.4, -0.2) is 57.1 Å². The number of likely N-dealkylation sites (tertiary alicyclic amines) is 1. The molecule has 0 saturated carbocycles. The predicted molar refractivity (Wildman–Crippen MR) is 140 cm³/mol. The number of carbonyl (C=O) groups is 2. The van der Waals surface area contributed by atoms with Crippen molar-refractivity contribution in [1.82, 2.24) is 30.1 Å². The van der Waals surface area contributed by atoms with Crippen LogP contribution in [0.5, 0.6) is 0 Å². The summed E-state index contributed by atoms with van der Waals surface area (Å²) in [5, 5.41) is 16.8. The summed E-state index contributed by atoms with van der Waals surface area (Å²) in [5.74, 6) is 1.55. The summed E-state index contributed by atoms with van der Waals surface area (Å²) in [5.41, 5.74) is 2.10. The molecule has 0 spiro atoms. The largest absolute Gasteiger partial charge is 0.367 e. The summed E-state index contributed by atoms with van der Waals surface area (Å²) >= 11 is 6.17. The van der Waals surface area contributed by atoms with E-state index in [1.807, 2.05) is 30.3 Å². The van der Waals surface area contributed by atoms with Gasteiger partial charge in [0.15, 0.2) is 5.65 Å². The SMILES string of the molecule is CC(C)CN1CCC(Nc2cc(Nc3cccc(Cl)c3)nc3c(/C=C4\NC(=O)NC4=O)cnn23)CC1. The van der Waals surface area contributed by atoms with Gasteiger partial charge in [-0.3, -0.25) is 10.1 Å². The summed E-state index contributed by atoms with van der Waals surface area (Å²) in [6.07, 6.45) is 5.26. The number of nitrogens with one attached hydrogen (secondary N) is 4. The van der Waals surface area contributed by atoms with Gasteiger partial charge in [-0.15, -0.1) is 0 Å². The molecule has 36 heavy (non-hydrogen) atoms. The quantitative estimate of drug-likeness (QED) is 0.283. The fraction of sp³-hybridized carbons (Fsp3) is 0.360. The number of nitrogens with zero attached hydrogens (tertiary/aromatic N) is 4. The highest BCUT2D eigenvalue weighted by molar-refractivity contribution is 6.30. The van der Waals surface area contributed by atoms with Crippen molar-refractivity contribution in [2.75, 3.05) is 30.3 Å². The van der Waals surface area contributed by atoms with Crippen molar-refractivity contribution in [1.29, 1.82) is 0 Å². The Morgan fingerprint density at radius 1 is 1.19 bits per heavy atom. The molecule has 0 bridgehead atoms. The lowest BCUT2D eigenvalue weighted by Gasteiger charge is -2.33. The Morgan fingerprint density at radius 2 is 2.00 bits per heavy atom. The fourth-order valence-electron chi connectivity index (χ4n) is 4.59. The van der Waals surface area contributed by atoms with E-state index in [1.54, 1.807) is 16.8 Å². The number of anilines is 3. The van der Waals surface area contributed by atoms with E-state index in [-0.39, 0.29) is 5.70 Å². The number of piperidine rings is 1. The minimum absolute atomic E-state index is 0.150. The summed E-state index contributed by atoms with van der Waals surface area (Å²) in [6.45, 7) is 7.70. The molecule has 0 aliphatic carbocycles. The molecule has 4 N–H and O–H groups in total. The Morgan fingerprint density at radius 3 is 2.69 bits per heavy atom. The maximum absolute atomic E-state index is 12.1. The molecule has 0 atom stereocenters. The molecule has 2 aliphatic heterocycles. The van der Waals surface area contributed by atoms with Gasteiger partial charge in [0.1, 0.15) is 17.3 Å². The van der Waals surface area contributed by atoms with Crippen molar-refractivity contribution in [3.05, 3.63) is 52.8 Å². The molecule has 10 nitrogen and oxygen atoms in total. The van der Waals surface area contributed by atoms with Crippen LogP contribution in [-0.2, 0) is 4.79 Å². The number of aromatic nitrogens is 3. The number of hydrogen-bond donors (Lipinski definition) is 4. The normalized spacial score (nSPS) is 18.2. The maximum Gasteiger partial charge on any atom is 0.326 e. The van der Waals surface area contributed by atoms with Crippen LogP contribution in [0, 0.1) is 5.92 Å². The molecule has 2 saturated heterocycles. The molecule has 3 aromatic rings. The molecular weight excluding hydrogens is 480 g/mol. The standard InChI is InChI=1S/C25H29ClN8O2/c1-15(2)14-33-8-6-18(7-9-33)29-22-12-21(28-19-5-3-4-17(26)11-19)31-23-16(13-27-34(22)23)10-20-24(35)32-25(36)30-20/h3-5,10-13,15,18,29H,6-9,14H2,1-2H3,(H,28,31)(H2,30,32,35,36)/b20-10-. The first kappa shape index (κ1) is 24.1. The number of urea groups is 1. The van der Waals surface area contributed by atoms with Crippen molar-refractivity contribution in [2.24, 2.45) is 5.92 Å². The Bertz CT molecular complexity index is 1330. The highest BCUT2D eigenvalue weighted by atomic mass is 35.5. The smallest absolute Gasteiger partial charge is 0.326 e. The average molecular weight is 509 g/mol. The van der Waals surface area contributed by atoms with Gasteiger partial charge in [0.05, 0.1) is 6.20 Å². The molecule has 2 fully saturated rings. The Kier molecular flexibility index (Phi) is 6.80. The van der Waals surface area contributed by atoms with Crippen LogP contribution in [0.15, 0.2) is 42.2 Å². The van der Waals surface area contributed by atoms with E-state index in [9.17, 15) is 9.59 Å². The zero-order valence-corrected chi connectivity index (χ0v) is 21.0. The second-order valence-corrected chi connectivity index (χ2v) is 10.0. The van der Waals surface area contributed by atoms with Crippen LogP contribution in [0.2, 0.25) is 5.02 Å². The molecule has 1 aromatic carbocycles. The van der Waals surface area contributed by atoms with E-state index in [4.69, 9.17) is 16.6 Å². The van der Waals surface area contributed by atoms with Gasteiger partial charge in [0, 0.05) is 48.0 Å². The first-order chi connectivity index (χ1) is 17.3. The van der Waals surface area contributed by atoms with Crippen LogP contribution in [0.25, 0.3) is 11.7 Å². The summed E-state index contributed by atoms with van der Waals surface area (Å²) in [4.78, 5) is 30.9. The monoisotopic (exact) mass is 508 g/mol. The molecule has 0 radical (unpaired) electrons. The van der Waals surface area contributed by atoms with Crippen molar-refractivity contribution in [3.63, 3.8) is 0 Å². The highest BCUT2D eigenvalue weighted by Gasteiger charge is 2.25.